The maximum absolute atomic E-state index is 11.3. The maximum Gasteiger partial charge on any atom is 0.220 e. The maximum atomic E-state index is 11.3. The molecule has 0 radical (unpaired) electrons. The molecule has 0 unspecified atom stereocenters. The van der Waals surface area contributed by atoms with E-state index in [4.69, 9.17) is 5.11 Å². The molecule has 1 amide bonds. The van der Waals surface area contributed by atoms with Crippen molar-refractivity contribution in [1.29, 1.82) is 0 Å². The number of hydrogen-bond acceptors (Lipinski definition) is 2. The summed E-state index contributed by atoms with van der Waals surface area (Å²) in [6.07, 6.45) is 2.84. The molecule has 3 heteroatoms. The van der Waals surface area contributed by atoms with Gasteiger partial charge < -0.3 is 10.4 Å². The molecule has 1 aliphatic rings. The van der Waals surface area contributed by atoms with E-state index in [0.29, 0.717) is 12.3 Å². The van der Waals surface area contributed by atoms with Gasteiger partial charge in [0.1, 0.15) is 0 Å². The second-order valence-electron chi connectivity index (χ2n) is 4.32. The molecule has 3 nitrogen and oxygen atoms in total. The van der Waals surface area contributed by atoms with Crippen LogP contribution in [0.3, 0.4) is 0 Å². The van der Waals surface area contributed by atoms with Crippen LogP contribution in [0.5, 0.6) is 0 Å². The van der Waals surface area contributed by atoms with Gasteiger partial charge in [-0.15, -0.1) is 0 Å². The average molecular weight is 185 g/mol. The van der Waals surface area contributed by atoms with Gasteiger partial charge in [-0.3, -0.25) is 4.79 Å². The molecule has 0 aromatic rings. The molecule has 0 spiro atoms. The Morgan fingerprint density at radius 3 is 2.62 bits per heavy atom. The number of aliphatic hydroxyl groups excluding tert-OH is 1. The van der Waals surface area contributed by atoms with Gasteiger partial charge in [0.05, 0.1) is 6.10 Å². The van der Waals surface area contributed by atoms with Gasteiger partial charge >= 0.3 is 0 Å². The normalized spacial score (nSPS) is 27.1. The Morgan fingerprint density at radius 2 is 2.15 bits per heavy atom. The lowest BCUT2D eigenvalue weighted by atomic mass is 9.89. The Hall–Kier alpha value is -0.570. The van der Waals surface area contributed by atoms with Gasteiger partial charge in [0.15, 0.2) is 0 Å². The third-order valence-electron chi connectivity index (χ3n) is 2.43. The van der Waals surface area contributed by atoms with Gasteiger partial charge in [-0.1, -0.05) is 13.8 Å². The molecule has 0 atom stereocenters. The molecule has 2 N–H and O–H groups in total. The fraction of sp³-hybridized carbons (Fsp3) is 0.900. The largest absolute Gasteiger partial charge is 0.393 e. The molecule has 0 bridgehead atoms. The summed E-state index contributed by atoms with van der Waals surface area (Å²) < 4.78 is 0. The molecule has 0 aromatic carbocycles. The van der Waals surface area contributed by atoms with Crippen LogP contribution in [-0.4, -0.2) is 23.2 Å². The Kier molecular flexibility index (Phi) is 3.72. The third-order valence-corrected chi connectivity index (χ3v) is 2.43. The van der Waals surface area contributed by atoms with Crippen LogP contribution in [0.4, 0.5) is 0 Å². The van der Waals surface area contributed by atoms with E-state index in [1.54, 1.807) is 0 Å². The van der Waals surface area contributed by atoms with E-state index in [1.165, 1.54) is 0 Å². The van der Waals surface area contributed by atoms with Crippen molar-refractivity contribution in [1.82, 2.24) is 5.32 Å². The summed E-state index contributed by atoms with van der Waals surface area (Å²) in [6, 6.07) is 0.231. The van der Waals surface area contributed by atoms with Gasteiger partial charge in [-0.2, -0.15) is 0 Å². The number of hydrogen-bond donors (Lipinski definition) is 2. The first-order valence-corrected chi connectivity index (χ1v) is 5.05. The first kappa shape index (κ1) is 10.5. The molecule has 1 aliphatic carbocycles. The predicted molar refractivity (Wildman–Crippen MR) is 51.2 cm³/mol. The highest BCUT2D eigenvalue weighted by Gasteiger charge is 2.27. The Morgan fingerprint density at radius 1 is 1.54 bits per heavy atom. The van der Waals surface area contributed by atoms with E-state index in [1.807, 2.05) is 0 Å². The van der Waals surface area contributed by atoms with Crippen LogP contribution in [0.2, 0.25) is 0 Å². The highest BCUT2D eigenvalue weighted by Crippen LogP contribution is 2.19. The highest BCUT2D eigenvalue weighted by molar-refractivity contribution is 5.76. The molecule has 1 saturated carbocycles. The van der Waals surface area contributed by atoms with Crippen LogP contribution in [0.1, 0.15) is 39.5 Å². The minimum Gasteiger partial charge on any atom is -0.393 e. The van der Waals surface area contributed by atoms with Crippen LogP contribution in [0, 0.1) is 5.92 Å². The fourth-order valence-electron chi connectivity index (χ4n) is 1.43. The van der Waals surface area contributed by atoms with E-state index in [9.17, 15) is 4.79 Å². The Bertz CT molecular complexity index is 174. The molecule has 1 fully saturated rings. The lowest BCUT2D eigenvalue weighted by Crippen LogP contribution is -2.46. The van der Waals surface area contributed by atoms with Gasteiger partial charge in [0.2, 0.25) is 5.91 Å². The molecule has 0 saturated heterocycles. The summed E-state index contributed by atoms with van der Waals surface area (Å²) in [4.78, 5) is 11.3. The summed E-state index contributed by atoms with van der Waals surface area (Å²) >= 11 is 0. The van der Waals surface area contributed by atoms with Gasteiger partial charge in [-0.05, 0) is 25.2 Å². The van der Waals surface area contributed by atoms with E-state index in [2.05, 4.69) is 19.2 Å². The van der Waals surface area contributed by atoms with Crippen molar-refractivity contribution in [3.05, 3.63) is 0 Å². The van der Waals surface area contributed by atoms with E-state index in [-0.39, 0.29) is 18.1 Å². The number of nitrogens with one attached hydrogen (secondary N) is 1. The van der Waals surface area contributed by atoms with E-state index >= 15 is 0 Å². The molecular weight excluding hydrogens is 166 g/mol. The van der Waals surface area contributed by atoms with Crippen LogP contribution in [-0.2, 0) is 4.79 Å². The standard InChI is InChI=1S/C10H19NO2/c1-7(2)3-4-10(13)11-8-5-9(12)6-8/h7-9,12H,3-6H2,1-2H3,(H,11,13). The monoisotopic (exact) mass is 185 g/mol. The Balaban J connectivity index is 2.05. The summed E-state index contributed by atoms with van der Waals surface area (Å²) in [5.74, 6) is 0.711. The fourth-order valence-corrected chi connectivity index (χ4v) is 1.43. The topological polar surface area (TPSA) is 49.3 Å². The first-order chi connectivity index (χ1) is 6.08. The van der Waals surface area contributed by atoms with E-state index in [0.717, 1.165) is 19.3 Å². The summed E-state index contributed by atoms with van der Waals surface area (Å²) in [5.41, 5.74) is 0. The zero-order valence-corrected chi connectivity index (χ0v) is 8.42. The van der Waals surface area contributed by atoms with Crippen molar-refractivity contribution in [3.8, 4) is 0 Å². The Labute approximate surface area is 79.5 Å². The van der Waals surface area contributed by atoms with Crippen molar-refractivity contribution >= 4 is 5.91 Å². The summed E-state index contributed by atoms with van der Waals surface area (Å²) in [7, 11) is 0. The molecule has 13 heavy (non-hydrogen) atoms. The quantitative estimate of drug-likeness (QED) is 0.688. The van der Waals surface area contributed by atoms with Gasteiger partial charge in [0.25, 0.3) is 0 Å². The summed E-state index contributed by atoms with van der Waals surface area (Å²) in [6.45, 7) is 4.22. The molecule has 0 heterocycles. The van der Waals surface area contributed by atoms with Crippen molar-refractivity contribution in [2.45, 2.75) is 51.7 Å². The SMILES string of the molecule is CC(C)CCC(=O)NC1CC(O)C1. The van der Waals surface area contributed by atoms with Crippen LogP contribution in [0.25, 0.3) is 0 Å². The molecule has 0 aliphatic heterocycles. The van der Waals surface area contributed by atoms with E-state index < -0.39 is 0 Å². The minimum absolute atomic E-state index is 0.130. The lowest BCUT2D eigenvalue weighted by Gasteiger charge is -2.32. The molecule has 0 aromatic heterocycles. The first-order valence-electron chi connectivity index (χ1n) is 5.05. The molecule has 1 rings (SSSR count). The highest BCUT2D eigenvalue weighted by atomic mass is 16.3. The summed E-state index contributed by atoms with van der Waals surface area (Å²) in [5, 5.41) is 11.9. The zero-order valence-electron chi connectivity index (χ0n) is 8.42. The number of rotatable bonds is 4. The molecule has 76 valence electrons. The van der Waals surface area contributed by atoms with Crippen molar-refractivity contribution < 1.29 is 9.90 Å². The van der Waals surface area contributed by atoms with Crippen molar-refractivity contribution in [2.24, 2.45) is 5.92 Å². The van der Waals surface area contributed by atoms with Crippen LogP contribution >= 0.6 is 0 Å². The second kappa shape index (κ2) is 4.61. The third kappa shape index (κ3) is 3.77. The number of carbonyl (C=O) groups is 1. The van der Waals surface area contributed by atoms with Crippen molar-refractivity contribution in [2.75, 3.05) is 0 Å². The minimum atomic E-state index is -0.185. The number of carbonyl (C=O) groups excluding carboxylic acids is 1. The number of aliphatic hydroxyl groups is 1. The van der Waals surface area contributed by atoms with Crippen LogP contribution < -0.4 is 5.32 Å². The van der Waals surface area contributed by atoms with Gasteiger partial charge in [-0.25, -0.2) is 0 Å². The van der Waals surface area contributed by atoms with Crippen molar-refractivity contribution in [3.63, 3.8) is 0 Å². The smallest absolute Gasteiger partial charge is 0.220 e. The average Bonchev–Trinajstić information content (AvgIpc) is 1.98. The second-order valence-corrected chi connectivity index (χ2v) is 4.32. The predicted octanol–water partition coefficient (Wildman–Crippen LogP) is 1.06. The van der Waals surface area contributed by atoms with Crippen LogP contribution in [0.15, 0.2) is 0 Å². The molecular formula is C10H19NO2. The van der Waals surface area contributed by atoms with Gasteiger partial charge in [0, 0.05) is 12.5 Å². The zero-order chi connectivity index (χ0) is 9.84. The number of amides is 1. The lowest BCUT2D eigenvalue weighted by molar-refractivity contribution is -0.123.